The van der Waals surface area contributed by atoms with Crippen molar-refractivity contribution >= 4 is 17.9 Å². The molecule has 0 saturated heterocycles. The van der Waals surface area contributed by atoms with Crippen LogP contribution in [0, 0.1) is 38.2 Å². The molecule has 0 amide bonds. The predicted octanol–water partition coefficient (Wildman–Crippen LogP) is -1.25. The van der Waals surface area contributed by atoms with Crippen molar-refractivity contribution in [3.63, 3.8) is 0 Å². The summed E-state index contributed by atoms with van der Waals surface area (Å²) in [4.78, 5) is 30.5. The molecule has 0 atom stereocenters. The molecule has 0 aromatic carbocycles. The fraction of sp³-hybridized carbons (Fsp3) is 0.500. The molecule has 0 aliphatic carbocycles. The standard InChI is InChI=1S/C6H8O7.Dy/c7-3(8)1-6(13,5(11)12)2-4(9)10;/h13H,1-2H2,(H,7,8)(H,9,10)(H,11,12);. The molecule has 8 heteroatoms. The predicted molar refractivity (Wildman–Crippen MR) is 37.1 cm³/mol. The van der Waals surface area contributed by atoms with Crippen LogP contribution in [0.3, 0.4) is 0 Å². The second-order valence-corrected chi connectivity index (χ2v) is 2.48. The first-order chi connectivity index (χ1) is 5.78. The molecule has 0 saturated carbocycles. The third-order valence-electron chi connectivity index (χ3n) is 1.29. The van der Waals surface area contributed by atoms with Gasteiger partial charge in [-0.1, -0.05) is 0 Å². The van der Waals surface area contributed by atoms with E-state index in [0.717, 1.165) is 0 Å². The number of aliphatic carboxylic acids is 3. The Bertz CT molecular complexity index is 233. The summed E-state index contributed by atoms with van der Waals surface area (Å²) in [6, 6.07) is 0. The summed E-state index contributed by atoms with van der Waals surface area (Å²) in [7, 11) is 0. The molecule has 0 aliphatic heterocycles. The Kier molecular flexibility index (Phi) is 7.11. The molecular weight excluding hydrogens is 347 g/mol. The Morgan fingerprint density at radius 3 is 1.36 bits per heavy atom. The van der Waals surface area contributed by atoms with E-state index >= 15 is 0 Å². The first kappa shape index (κ1) is 16.1. The van der Waals surface area contributed by atoms with Gasteiger partial charge in [0.2, 0.25) is 0 Å². The number of rotatable bonds is 5. The Labute approximate surface area is 109 Å². The van der Waals surface area contributed by atoms with Crippen LogP contribution in [-0.2, 0) is 14.4 Å². The van der Waals surface area contributed by atoms with Gasteiger partial charge in [0.05, 0.1) is 12.8 Å². The normalized spacial score (nSPS) is 10.1. The maximum Gasteiger partial charge on any atom is 0.336 e. The summed E-state index contributed by atoms with van der Waals surface area (Å²) in [5, 5.41) is 33.8. The van der Waals surface area contributed by atoms with Crippen LogP contribution in [0.15, 0.2) is 0 Å². The first-order valence-electron chi connectivity index (χ1n) is 3.17. The SMILES string of the molecule is O=C(O)CC(O)(CC(=O)O)C(=O)O.[Dy]. The maximum atomic E-state index is 10.3. The topological polar surface area (TPSA) is 132 Å². The molecule has 0 aromatic heterocycles. The fourth-order valence-electron chi connectivity index (χ4n) is 0.714. The van der Waals surface area contributed by atoms with E-state index in [1.807, 2.05) is 0 Å². The first-order valence-corrected chi connectivity index (χ1v) is 3.17. The van der Waals surface area contributed by atoms with Crippen LogP contribution in [0.1, 0.15) is 12.8 Å². The zero-order valence-electron chi connectivity index (χ0n) is 6.74. The summed E-state index contributed by atoms with van der Waals surface area (Å²) < 4.78 is 0. The summed E-state index contributed by atoms with van der Waals surface area (Å²) in [5.41, 5.74) is -2.74. The molecule has 4 N–H and O–H groups in total. The maximum absolute atomic E-state index is 10.3. The van der Waals surface area contributed by atoms with Crippen molar-refractivity contribution in [1.29, 1.82) is 0 Å². The Hall–Kier alpha value is -0.357. The Balaban J connectivity index is 0. The van der Waals surface area contributed by atoms with Crippen molar-refractivity contribution < 1.29 is 73.0 Å². The van der Waals surface area contributed by atoms with Crippen molar-refractivity contribution in [3.05, 3.63) is 0 Å². The molecule has 0 rings (SSSR count). The molecule has 0 bridgehead atoms. The van der Waals surface area contributed by atoms with Crippen LogP contribution in [0.5, 0.6) is 0 Å². The van der Waals surface area contributed by atoms with Gasteiger partial charge >= 0.3 is 17.9 Å². The summed E-state index contributed by atoms with van der Waals surface area (Å²) in [5.74, 6) is -5.02. The van der Waals surface area contributed by atoms with Gasteiger partial charge in [-0.3, -0.25) is 9.59 Å². The minimum atomic E-state index is -2.74. The van der Waals surface area contributed by atoms with Crippen LogP contribution >= 0.6 is 0 Å². The number of hydrogen-bond donors (Lipinski definition) is 4. The van der Waals surface area contributed by atoms with E-state index in [-0.39, 0.29) is 38.2 Å². The number of aliphatic hydroxyl groups is 1. The van der Waals surface area contributed by atoms with Crippen molar-refractivity contribution in [2.45, 2.75) is 18.4 Å². The van der Waals surface area contributed by atoms with Gasteiger partial charge in [0.25, 0.3) is 0 Å². The third kappa shape index (κ3) is 5.39. The van der Waals surface area contributed by atoms with Gasteiger partial charge in [0.1, 0.15) is 0 Å². The molecule has 0 unspecified atom stereocenters. The van der Waals surface area contributed by atoms with Gasteiger partial charge in [0.15, 0.2) is 5.60 Å². The summed E-state index contributed by atoms with van der Waals surface area (Å²) in [6.45, 7) is 0. The molecule has 7 nitrogen and oxygen atoms in total. The number of carboxylic acid groups (broad SMARTS) is 3. The minimum Gasteiger partial charge on any atom is -0.481 e. The minimum absolute atomic E-state index is 0. The smallest absolute Gasteiger partial charge is 0.336 e. The fourth-order valence-corrected chi connectivity index (χ4v) is 0.714. The van der Waals surface area contributed by atoms with Crippen LogP contribution in [0.2, 0.25) is 0 Å². The van der Waals surface area contributed by atoms with E-state index in [2.05, 4.69) is 0 Å². The molecule has 14 heavy (non-hydrogen) atoms. The molecular formula is C6H8DyO7. The summed E-state index contributed by atoms with van der Waals surface area (Å²) in [6.07, 6.45) is -2.29. The Morgan fingerprint density at radius 1 is 0.929 bits per heavy atom. The van der Waals surface area contributed by atoms with Crippen molar-refractivity contribution in [2.24, 2.45) is 0 Å². The van der Waals surface area contributed by atoms with Crippen LogP contribution in [0.25, 0.3) is 0 Å². The van der Waals surface area contributed by atoms with Gasteiger partial charge < -0.3 is 20.4 Å². The third-order valence-corrected chi connectivity index (χ3v) is 1.29. The Morgan fingerprint density at radius 2 is 1.21 bits per heavy atom. The summed E-state index contributed by atoms with van der Waals surface area (Å²) >= 11 is 0. The van der Waals surface area contributed by atoms with Gasteiger partial charge in [-0.25, -0.2) is 4.79 Å². The van der Waals surface area contributed by atoms with Gasteiger partial charge in [-0.05, 0) is 0 Å². The van der Waals surface area contributed by atoms with Crippen LogP contribution in [-0.4, -0.2) is 43.9 Å². The zero-order valence-corrected chi connectivity index (χ0v) is 8.77. The van der Waals surface area contributed by atoms with Gasteiger partial charge in [0, 0.05) is 38.2 Å². The largest absolute Gasteiger partial charge is 0.481 e. The van der Waals surface area contributed by atoms with Crippen molar-refractivity contribution in [3.8, 4) is 0 Å². The zero-order chi connectivity index (χ0) is 10.6. The van der Waals surface area contributed by atoms with E-state index in [9.17, 15) is 14.4 Å². The quantitative estimate of drug-likeness (QED) is 0.485. The van der Waals surface area contributed by atoms with E-state index in [1.165, 1.54) is 0 Å². The van der Waals surface area contributed by atoms with Crippen LogP contribution < -0.4 is 0 Å². The van der Waals surface area contributed by atoms with Gasteiger partial charge in [-0.2, -0.15) is 0 Å². The molecule has 0 aromatic rings. The average Bonchev–Trinajstić information content (AvgIpc) is 1.82. The second kappa shape index (κ2) is 6.19. The van der Waals surface area contributed by atoms with E-state index in [0.29, 0.717) is 0 Å². The van der Waals surface area contributed by atoms with E-state index in [4.69, 9.17) is 20.4 Å². The van der Waals surface area contributed by atoms with Crippen molar-refractivity contribution in [1.82, 2.24) is 0 Å². The van der Waals surface area contributed by atoms with Crippen LogP contribution in [0.4, 0.5) is 0 Å². The number of carbonyl (C=O) groups is 3. The van der Waals surface area contributed by atoms with E-state index in [1.54, 1.807) is 0 Å². The number of hydrogen-bond acceptors (Lipinski definition) is 4. The van der Waals surface area contributed by atoms with E-state index < -0.39 is 36.4 Å². The molecule has 0 heterocycles. The second-order valence-electron chi connectivity index (χ2n) is 2.48. The molecule has 0 aliphatic rings. The molecule has 0 spiro atoms. The number of carboxylic acids is 3. The van der Waals surface area contributed by atoms with Crippen molar-refractivity contribution in [2.75, 3.05) is 0 Å². The van der Waals surface area contributed by atoms with Gasteiger partial charge in [-0.15, -0.1) is 0 Å². The monoisotopic (exact) mass is 356 g/mol. The molecule has 0 fully saturated rings. The molecule has 84 valence electrons. The molecule has 0 radical (unpaired) electrons. The average molecular weight is 355 g/mol.